The Hall–Kier alpha value is -1.10. The highest BCUT2D eigenvalue weighted by atomic mass is 16.5. The highest BCUT2D eigenvalue weighted by molar-refractivity contribution is 5.86. The van der Waals surface area contributed by atoms with Gasteiger partial charge in [0.15, 0.2) is 0 Å². The second-order valence-corrected chi connectivity index (χ2v) is 4.30. The van der Waals surface area contributed by atoms with E-state index >= 15 is 0 Å². The molecule has 0 aromatic carbocycles. The number of carboxylic acid groups (broad SMARTS) is 1. The van der Waals surface area contributed by atoms with Crippen molar-refractivity contribution in [1.82, 2.24) is 5.32 Å². The number of ether oxygens (including phenoxy) is 1. The van der Waals surface area contributed by atoms with Gasteiger partial charge in [0.1, 0.15) is 5.54 Å². The predicted molar refractivity (Wildman–Crippen MR) is 60.1 cm³/mol. The number of amides is 1. The van der Waals surface area contributed by atoms with Crippen LogP contribution in [0.3, 0.4) is 0 Å². The second kappa shape index (κ2) is 6.48. The van der Waals surface area contributed by atoms with Crippen LogP contribution in [0.2, 0.25) is 0 Å². The zero-order valence-corrected chi connectivity index (χ0v) is 10.4. The number of hydrogen-bond donors (Lipinski definition) is 2. The van der Waals surface area contributed by atoms with Crippen molar-refractivity contribution in [3.8, 4) is 0 Å². The van der Waals surface area contributed by atoms with Gasteiger partial charge in [-0.05, 0) is 19.3 Å². The van der Waals surface area contributed by atoms with Crippen LogP contribution >= 0.6 is 0 Å². The molecule has 0 saturated heterocycles. The lowest BCUT2D eigenvalue weighted by Crippen LogP contribution is -2.52. The average molecular weight is 231 g/mol. The Kier molecular flexibility index (Phi) is 6.03. The number of carbonyl (C=O) groups is 2. The predicted octanol–water partition coefficient (Wildman–Crippen LogP) is 1.03. The largest absolute Gasteiger partial charge is 0.480 e. The van der Waals surface area contributed by atoms with E-state index in [0.29, 0.717) is 13.0 Å². The maximum absolute atomic E-state index is 11.6. The molecular weight excluding hydrogens is 210 g/mol. The fourth-order valence-electron chi connectivity index (χ4n) is 1.31. The molecule has 0 radical (unpaired) electrons. The van der Waals surface area contributed by atoms with Gasteiger partial charge in [-0.1, -0.05) is 13.8 Å². The van der Waals surface area contributed by atoms with Crippen molar-refractivity contribution in [2.45, 2.75) is 39.2 Å². The van der Waals surface area contributed by atoms with Crippen molar-refractivity contribution in [2.24, 2.45) is 5.92 Å². The van der Waals surface area contributed by atoms with Crippen LogP contribution in [0.25, 0.3) is 0 Å². The zero-order valence-electron chi connectivity index (χ0n) is 10.4. The van der Waals surface area contributed by atoms with E-state index in [1.54, 1.807) is 14.0 Å². The first kappa shape index (κ1) is 14.9. The van der Waals surface area contributed by atoms with E-state index in [0.717, 1.165) is 0 Å². The molecule has 1 amide bonds. The Morgan fingerprint density at radius 3 is 2.44 bits per heavy atom. The topological polar surface area (TPSA) is 75.6 Å². The summed E-state index contributed by atoms with van der Waals surface area (Å²) in [7, 11) is 1.57. The van der Waals surface area contributed by atoms with Gasteiger partial charge in [-0.15, -0.1) is 0 Å². The molecule has 0 rings (SSSR count). The van der Waals surface area contributed by atoms with Gasteiger partial charge in [0, 0.05) is 20.1 Å². The Balaban J connectivity index is 4.27. The summed E-state index contributed by atoms with van der Waals surface area (Å²) >= 11 is 0. The third kappa shape index (κ3) is 4.61. The normalized spacial score (nSPS) is 16.2. The number of methoxy groups -OCH3 is 1. The standard InChI is InChI=1S/C11H21NO4/c1-5-11(3,10(14)15)12-9(13)6-8(2)7-16-4/h8H,5-7H2,1-4H3,(H,12,13)(H,14,15). The van der Waals surface area contributed by atoms with Crippen molar-refractivity contribution in [1.29, 1.82) is 0 Å². The van der Waals surface area contributed by atoms with Crippen LogP contribution in [0, 0.1) is 5.92 Å². The number of rotatable bonds is 7. The van der Waals surface area contributed by atoms with Crippen LogP contribution < -0.4 is 5.32 Å². The summed E-state index contributed by atoms with van der Waals surface area (Å²) < 4.78 is 4.91. The fourth-order valence-corrected chi connectivity index (χ4v) is 1.31. The average Bonchev–Trinajstić information content (AvgIpc) is 2.17. The summed E-state index contributed by atoms with van der Waals surface area (Å²) in [4.78, 5) is 22.5. The molecule has 5 heteroatoms. The van der Waals surface area contributed by atoms with Crippen LogP contribution in [0.4, 0.5) is 0 Å². The van der Waals surface area contributed by atoms with Gasteiger partial charge < -0.3 is 15.2 Å². The van der Waals surface area contributed by atoms with Gasteiger partial charge in [0.25, 0.3) is 0 Å². The SMILES string of the molecule is CCC(C)(NC(=O)CC(C)COC)C(=O)O. The van der Waals surface area contributed by atoms with Crippen molar-refractivity contribution in [3.63, 3.8) is 0 Å². The molecule has 0 aromatic heterocycles. The number of carbonyl (C=O) groups excluding carboxylic acids is 1. The van der Waals surface area contributed by atoms with Crippen LogP contribution in [0.5, 0.6) is 0 Å². The fraction of sp³-hybridized carbons (Fsp3) is 0.818. The Morgan fingerprint density at radius 1 is 1.50 bits per heavy atom. The minimum absolute atomic E-state index is 0.0832. The molecule has 2 N–H and O–H groups in total. The maximum atomic E-state index is 11.6. The van der Waals surface area contributed by atoms with Gasteiger partial charge in [-0.25, -0.2) is 4.79 Å². The molecule has 0 saturated carbocycles. The molecule has 0 aliphatic rings. The van der Waals surface area contributed by atoms with Crippen LogP contribution in [-0.4, -0.2) is 36.2 Å². The molecule has 0 spiro atoms. The Morgan fingerprint density at radius 2 is 2.06 bits per heavy atom. The van der Waals surface area contributed by atoms with Crippen molar-refractivity contribution in [2.75, 3.05) is 13.7 Å². The third-order valence-electron chi connectivity index (χ3n) is 2.58. The van der Waals surface area contributed by atoms with Gasteiger partial charge >= 0.3 is 5.97 Å². The molecular formula is C11H21NO4. The van der Waals surface area contributed by atoms with E-state index in [2.05, 4.69) is 5.32 Å². The molecule has 16 heavy (non-hydrogen) atoms. The molecule has 0 aromatic rings. The molecule has 94 valence electrons. The number of nitrogens with one attached hydrogen (secondary N) is 1. The van der Waals surface area contributed by atoms with E-state index in [1.165, 1.54) is 6.92 Å². The molecule has 0 bridgehead atoms. The molecule has 0 heterocycles. The smallest absolute Gasteiger partial charge is 0.329 e. The van der Waals surface area contributed by atoms with E-state index < -0.39 is 11.5 Å². The van der Waals surface area contributed by atoms with Crippen molar-refractivity contribution in [3.05, 3.63) is 0 Å². The van der Waals surface area contributed by atoms with E-state index in [9.17, 15) is 9.59 Å². The summed E-state index contributed by atoms with van der Waals surface area (Å²) in [5, 5.41) is 11.5. The molecule has 2 atom stereocenters. The summed E-state index contributed by atoms with van der Waals surface area (Å²) in [6.07, 6.45) is 0.628. The minimum Gasteiger partial charge on any atom is -0.480 e. The highest BCUT2D eigenvalue weighted by Crippen LogP contribution is 2.11. The molecule has 0 aliphatic heterocycles. The molecule has 0 aliphatic carbocycles. The first-order valence-corrected chi connectivity index (χ1v) is 5.39. The Bertz CT molecular complexity index is 254. The van der Waals surface area contributed by atoms with Crippen molar-refractivity contribution < 1.29 is 19.4 Å². The lowest BCUT2D eigenvalue weighted by molar-refractivity contribution is -0.147. The number of carboxylic acids is 1. The van der Waals surface area contributed by atoms with Crippen LogP contribution in [0.15, 0.2) is 0 Å². The monoisotopic (exact) mass is 231 g/mol. The molecule has 0 fully saturated rings. The second-order valence-electron chi connectivity index (χ2n) is 4.30. The van der Waals surface area contributed by atoms with Crippen LogP contribution in [0.1, 0.15) is 33.6 Å². The van der Waals surface area contributed by atoms with E-state index in [-0.39, 0.29) is 18.2 Å². The maximum Gasteiger partial charge on any atom is 0.329 e. The van der Waals surface area contributed by atoms with Gasteiger partial charge in [-0.3, -0.25) is 4.79 Å². The third-order valence-corrected chi connectivity index (χ3v) is 2.58. The van der Waals surface area contributed by atoms with Gasteiger partial charge in [0.2, 0.25) is 5.91 Å². The zero-order chi connectivity index (χ0) is 12.8. The summed E-state index contributed by atoms with van der Waals surface area (Å²) in [5.41, 5.74) is -1.18. The minimum atomic E-state index is -1.18. The number of hydrogen-bond acceptors (Lipinski definition) is 3. The first-order valence-electron chi connectivity index (χ1n) is 5.39. The van der Waals surface area contributed by atoms with Gasteiger partial charge in [0.05, 0.1) is 0 Å². The van der Waals surface area contributed by atoms with Crippen LogP contribution in [-0.2, 0) is 14.3 Å². The van der Waals surface area contributed by atoms with Crippen molar-refractivity contribution >= 4 is 11.9 Å². The lowest BCUT2D eigenvalue weighted by atomic mass is 9.98. The lowest BCUT2D eigenvalue weighted by Gasteiger charge is -2.25. The summed E-state index contributed by atoms with van der Waals surface area (Å²) in [6, 6.07) is 0. The quantitative estimate of drug-likeness (QED) is 0.686. The number of aliphatic carboxylic acids is 1. The Labute approximate surface area is 96.2 Å². The molecule has 2 unspecified atom stereocenters. The first-order chi connectivity index (χ1) is 7.35. The summed E-state index contributed by atoms with van der Waals surface area (Å²) in [5.74, 6) is -1.18. The van der Waals surface area contributed by atoms with E-state index in [1.807, 2.05) is 6.92 Å². The van der Waals surface area contributed by atoms with Gasteiger partial charge in [-0.2, -0.15) is 0 Å². The summed E-state index contributed by atoms with van der Waals surface area (Å²) in [6.45, 7) is 5.61. The highest BCUT2D eigenvalue weighted by Gasteiger charge is 2.32. The van der Waals surface area contributed by atoms with E-state index in [4.69, 9.17) is 9.84 Å². The molecule has 5 nitrogen and oxygen atoms in total.